The van der Waals surface area contributed by atoms with Crippen molar-refractivity contribution in [2.24, 2.45) is 0 Å². The van der Waals surface area contributed by atoms with Gasteiger partial charge in [0.2, 0.25) is 0 Å². The number of rotatable bonds is 7. The Morgan fingerprint density at radius 3 is 2.80 bits per heavy atom. The van der Waals surface area contributed by atoms with Crippen LogP contribution in [0.2, 0.25) is 0 Å². The van der Waals surface area contributed by atoms with Crippen LogP contribution in [0.5, 0.6) is 5.75 Å². The van der Waals surface area contributed by atoms with Gasteiger partial charge in [0.05, 0.1) is 5.56 Å². The van der Waals surface area contributed by atoms with Crippen LogP contribution in [0, 0.1) is 0 Å². The molecule has 0 fully saturated rings. The summed E-state index contributed by atoms with van der Waals surface area (Å²) in [6.07, 6.45) is 4.09. The molecule has 30 heavy (non-hydrogen) atoms. The lowest BCUT2D eigenvalue weighted by atomic mass is 9.86. The highest BCUT2D eigenvalue weighted by Gasteiger charge is 2.26. The van der Waals surface area contributed by atoms with E-state index in [1.807, 2.05) is 29.5 Å². The van der Waals surface area contributed by atoms with E-state index in [0.717, 1.165) is 44.3 Å². The summed E-state index contributed by atoms with van der Waals surface area (Å²) in [4.78, 5) is 16.7. The molecule has 4 nitrogen and oxygen atoms in total. The molecule has 1 atom stereocenters. The molecule has 1 heterocycles. The molecule has 1 aromatic heterocycles. The Balaban J connectivity index is 1.45. The van der Waals surface area contributed by atoms with Crippen LogP contribution in [0.1, 0.15) is 39.7 Å². The highest BCUT2D eigenvalue weighted by atomic mass is 32.1. The van der Waals surface area contributed by atoms with E-state index in [0.29, 0.717) is 23.0 Å². The summed E-state index contributed by atoms with van der Waals surface area (Å²) in [6, 6.07) is 18.0. The van der Waals surface area contributed by atoms with E-state index in [1.165, 1.54) is 10.4 Å². The zero-order valence-electron chi connectivity index (χ0n) is 17.3. The Hall–Kier alpha value is -2.63. The minimum Gasteiger partial charge on any atom is -0.423 e. The standard InChI is InChI=1S/C25H28N2O2S/c1-2-27(15-14-20-8-6-16-30-20)19-12-13-21-18(17-19)7-5-11-24(21)29-25(28)22-9-3-4-10-23(22)26/h3-11,16,19H,2,12-15,17,26H2,1H3. The number of hydrogen-bond acceptors (Lipinski definition) is 5. The van der Waals surface area contributed by atoms with E-state index < -0.39 is 5.97 Å². The van der Waals surface area contributed by atoms with E-state index in [2.05, 4.69) is 35.4 Å². The molecule has 156 valence electrons. The van der Waals surface area contributed by atoms with Crippen LogP contribution in [0.4, 0.5) is 5.69 Å². The molecule has 0 amide bonds. The van der Waals surface area contributed by atoms with Crippen LogP contribution in [0.25, 0.3) is 0 Å². The van der Waals surface area contributed by atoms with Gasteiger partial charge in [0.25, 0.3) is 0 Å². The monoisotopic (exact) mass is 420 g/mol. The lowest BCUT2D eigenvalue weighted by molar-refractivity contribution is 0.0733. The van der Waals surface area contributed by atoms with E-state index in [1.54, 1.807) is 18.2 Å². The first-order valence-electron chi connectivity index (χ1n) is 10.6. The molecule has 0 aliphatic heterocycles. The van der Waals surface area contributed by atoms with Crippen LogP contribution in [-0.4, -0.2) is 30.0 Å². The fraction of sp³-hybridized carbons (Fsp3) is 0.320. The van der Waals surface area contributed by atoms with Gasteiger partial charge >= 0.3 is 5.97 Å². The van der Waals surface area contributed by atoms with Crippen LogP contribution in [0.3, 0.4) is 0 Å². The normalized spacial score (nSPS) is 15.7. The molecule has 2 N–H and O–H groups in total. The van der Waals surface area contributed by atoms with E-state index in [-0.39, 0.29) is 0 Å². The third kappa shape index (κ3) is 4.58. The number of fused-ring (bicyclic) bond motifs is 1. The molecule has 5 heteroatoms. The van der Waals surface area contributed by atoms with Crippen LogP contribution in [0.15, 0.2) is 60.0 Å². The Morgan fingerprint density at radius 1 is 1.17 bits per heavy atom. The average molecular weight is 421 g/mol. The van der Waals surface area contributed by atoms with Gasteiger partial charge in [-0.1, -0.05) is 37.3 Å². The zero-order chi connectivity index (χ0) is 20.9. The van der Waals surface area contributed by atoms with Gasteiger partial charge in [-0.3, -0.25) is 4.90 Å². The first-order chi connectivity index (χ1) is 14.7. The van der Waals surface area contributed by atoms with Crippen molar-refractivity contribution in [3.8, 4) is 5.75 Å². The lowest BCUT2D eigenvalue weighted by Gasteiger charge is -2.35. The Kier molecular flexibility index (Phi) is 6.50. The number of ether oxygens (including phenoxy) is 1. The summed E-state index contributed by atoms with van der Waals surface area (Å²) >= 11 is 1.83. The van der Waals surface area contributed by atoms with Crippen molar-refractivity contribution in [1.82, 2.24) is 4.90 Å². The van der Waals surface area contributed by atoms with Gasteiger partial charge < -0.3 is 10.5 Å². The fourth-order valence-electron chi connectivity index (χ4n) is 4.31. The maximum atomic E-state index is 12.6. The summed E-state index contributed by atoms with van der Waals surface area (Å²) in [5.41, 5.74) is 9.23. The number of benzene rings is 2. The average Bonchev–Trinajstić information content (AvgIpc) is 3.28. The molecule has 1 aliphatic carbocycles. The number of nitrogens with two attached hydrogens (primary N) is 1. The lowest BCUT2D eigenvalue weighted by Crippen LogP contribution is -2.40. The van der Waals surface area contributed by atoms with Crippen LogP contribution in [-0.2, 0) is 19.3 Å². The number of carbonyl (C=O) groups is 1. The Morgan fingerprint density at radius 2 is 2.03 bits per heavy atom. The van der Waals surface area contributed by atoms with Crippen LogP contribution < -0.4 is 10.5 Å². The van der Waals surface area contributed by atoms with Gasteiger partial charge in [-0.2, -0.15) is 0 Å². The van der Waals surface area contributed by atoms with E-state index in [9.17, 15) is 4.79 Å². The zero-order valence-corrected chi connectivity index (χ0v) is 18.2. The minimum absolute atomic E-state index is 0.394. The highest BCUT2D eigenvalue weighted by Crippen LogP contribution is 2.32. The van der Waals surface area contributed by atoms with E-state index in [4.69, 9.17) is 10.5 Å². The summed E-state index contributed by atoms with van der Waals surface area (Å²) in [6.45, 7) is 4.37. The first kappa shape index (κ1) is 20.6. The van der Waals surface area contributed by atoms with Crippen molar-refractivity contribution in [1.29, 1.82) is 0 Å². The summed E-state index contributed by atoms with van der Waals surface area (Å²) < 4.78 is 5.77. The molecule has 0 saturated carbocycles. The SMILES string of the molecule is CCN(CCc1cccs1)C1CCc2c(cccc2OC(=O)c2ccccc2N)C1. The predicted molar refractivity (Wildman–Crippen MR) is 123 cm³/mol. The molecule has 1 aliphatic rings. The van der Waals surface area contributed by atoms with Gasteiger partial charge in [-0.15, -0.1) is 11.3 Å². The molecule has 0 radical (unpaired) electrons. The summed E-state index contributed by atoms with van der Waals surface area (Å²) in [5, 5.41) is 2.15. The second kappa shape index (κ2) is 9.45. The number of nitrogen functional groups attached to an aromatic ring is 1. The molecule has 0 spiro atoms. The molecule has 3 aromatic rings. The summed E-state index contributed by atoms with van der Waals surface area (Å²) in [7, 11) is 0. The third-order valence-corrected chi connectivity index (χ3v) is 6.88. The first-order valence-corrected chi connectivity index (χ1v) is 11.5. The predicted octanol–water partition coefficient (Wildman–Crippen LogP) is 4.97. The highest BCUT2D eigenvalue weighted by molar-refractivity contribution is 7.09. The molecule has 4 rings (SSSR count). The number of nitrogens with zero attached hydrogens (tertiary/aromatic N) is 1. The maximum absolute atomic E-state index is 12.6. The maximum Gasteiger partial charge on any atom is 0.345 e. The smallest absolute Gasteiger partial charge is 0.345 e. The second-order valence-electron chi connectivity index (χ2n) is 7.73. The van der Waals surface area contributed by atoms with Gasteiger partial charge in [0.1, 0.15) is 5.75 Å². The van der Waals surface area contributed by atoms with E-state index >= 15 is 0 Å². The molecular formula is C25H28N2O2S. The van der Waals surface area contributed by atoms with Crippen molar-refractivity contribution in [2.75, 3.05) is 18.8 Å². The number of hydrogen-bond donors (Lipinski definition) is 1. The molecule has 0 bridgehead atoms. The number of esters is 1. The fourth-order valence-corrected chi connectivity index (χ4v) is 5.00. The number of likely N-dealkylation sites (N-methyl/N-ethyl adjacent to an activating group) is 1. The van der Waals surface area contributed by atoms with Crippen molar-refractivity contribution in [3.63, 3.8) is 0 Å². The summed E-state index contributed by atoms with van der Waals surface area (Å²) in [5.74, 6) is 0.274. The van der Waals surface area contributed by atoms with Crippen molar-refractivity contribution < 1.29 is 9.53 Å². The minimum atomic E-state index is -0.394. The topological polar surface area (TPSA) is 55.6 Å². The van der Waals surface area contributed by atoms with Gasteiger partial charge in [0.15, 0.2) is 0 Å². The third-order valence-electron chi connectivity index (χ3n) is 5.94. The number of thiophene rings is 1. The molecule has 0 saturated heterocycles. The number of anilines is 1. The van der Waals surface area contributed by atoms with Gasteiger partial charge in [-0.05, 0) is 73.0 Å². The van der Waals surface area contributed by atoms with Crippen molar-refractivity contribution >= 4 is 23.0 Å². The van der Waals surface area contributed by atoms with Gasteiger partial charge in [0, 0.05) is 23.2 Å². The van der Waals surface area contributed by atoms with Crippen molar-refractivity contribution in [2.45, 2.75) is 38.6 Å². The molecular weight excluding hydrogens is 392 g/mol. The Labute approximate surface area is 182 Å². The van der Waals surface area contributed by atoms with Crippen LogP contribution >= 0.6 is 11.3 Å². The quantitative estimate of drug-likeness (QED) is 0.333. The number of para-hydroxylation sites is 1. The largest absolute Gasteiger partial charge is 0.423 e. The number of carbonyl (C=O) groups excluding carboxylic acids is 1. The molecule has 2 aromatic carbocycles. The molecule has 1 unspecified atom stereocenters. The van der Waals surface area contributed by atoms with Gasteiger partial charge in [-0.25, -0.2) is 4.79 Å². The Bertz CT molecular complexity index is 1000. The van der Waals surface area contributed by atoms with Crippen molar-refractivity contribution in [3.05, 3.63) is 81.5 Å². The second-order valence-corrected chi connectivity index (χ2v) is 8.76.